The fourth-order valence-corrected chi connectivity index (χ4v) is 17.9. The van der Waals surface area contributed by atoms with Crippen LogP contribution in [-0.4, -0.2) is 16.6 Å². The number of rotatable bonds is 2. The zero-order valence-corrected chi connectivity index (χ0v) is 29.4. The maximum absolute atomic E-state index is 8.01. The summed E-state index contributed by atoms with van der Waals surface area (Å²) in [4.78, 5) is 0. The molecule has 0 saturated carbocycles. The van der Waals surface area contributed by atoms with E-state index in [1.54, 1.807) is 32.3 Å². The van der Waals surface area contributed by atoms with Gasteiger partial charge >= 0.3 is 0 Å². The highest BCUT2D eigenvalue weighted by Gasteiger charge is 2.70. The fourth-order valence-electron chi connectivity index (χ4n) is 6.26. The molecule has 0 fully saturated rings. The van der Waals surface area contributed by atoms with Crippen molar-refractivity contribution < 1.29 is 4.12 Å². The molecule has 3 heteroatoms. The first-order valence-electron chi connectivity index (χ1n) is 13.9. The molecule has 2 heterocycles. The summed E-state index contributed by atoms with van der Waals surface area (Å²) in [6.45, 7) is 48.8. The zero-order valence-electron chi connectivity index (χ0n) is 27.4. The van der Waals surface area contributed by atoms with Crippen LogP contribution in [0.15, 0.2) is 32.3 Å². The summed E-state index contributed by atoms with van der Waals surface area (Å²) in [7, 11) is -4.68. The fraction of sp³-hybridized carbons (Fsp3) is 0.812. The van der Waals surface area contributed by atoms with Gasteiger partial charge in [0.05, 0.1) is 0 Å². The first-order chi connectivity index (χ1) is 14.9. The third kappa shape index (κ3) is 4.92. The lowest BCUT2D eigenvalue weighted by Gasteiger charge is -2.59. The number of fused-ring (bicyclic) bond motifs is 1. The van der Waals surface area contributed by atoms with E-state index >= 15 is 0 Å². The lowest BCUT2D eigenvalue weighted by Crippen LogP contribution is -2.65. The van der Waals surface area contributed by atoms with E-state index < -0.39 is 16.6 Å². The van der Waals surface area contributed by atoms with Gasteiger partial charge in [0.2, 0.25) is 0 Å². The molecule has 0 aliphatic carbocycles. The van der Waals surface area contributed by atoms with Gasteiger partial charge in [-0.2, -0.15) is 0 Å². The molecular weight excluding hydrogens is 457 g/mol. The van der Waals surface area contributed by atoms with E-state index in [2.05, 4.69) is 138 Å². The van der Waals surface area contributed by atoms with Gasteiger partial charge in [-0.3, -0.25) is 0 Å². The van der Waals surface area contributed by atoms with E-state index in [0.717, 1.165) is 0 Å². The van der Waals surface area contributed by atoms with Crippen molar-refractivity contribution in [2.45, 2.75) is 143 Å². The van der Waals surface area contributed by atoms with Gasteiger partial charge in [0.25, 0.3) is 8.32 Å². The second kappa shape index (κ2) is 8.06. The largest absolute Gasteiger partial charge is 0.446 e. The van der Waals surface area contributed by atoms with Crippen LogP contribution in [0.1, 0.15) is 125 Å². The highest BCUT2D eigenvalue weighted by Crippen LogP contribution is 2.70. The Kier molecular flexibility index (Phi) is 7.10. The zero-order chi connectivity index (χ0) is 28.2. The van der Waals surface area contributed by atoms with Crippen LogP contribution in [0.2, 0.25) is 18.1 Å². The molecule has 0 radical (unpaired) electrons. The third-order valence-electron chi connectivity index (χ3n) is 8.27. The summed E-state index contributed by atoms with van der Waals surface area (Å²) < 4.78 is 8.01. The maximum Gasteiger partial charge on any atom is 0.272 e. The van der Waals surface area contributed by atoms with Gasteiger partial charge in [0.15, 0.2) is 8.32 Å². The Morgan fingerprint density at radius 1 is 0.457 bits per heavy atom. The first-order valence-corrected chi connectivity index (χ1v) is 18.7. The first kappa shape index (κ1) is 30.8. The summed E-state index contributed by atoms with van der Waals surface area (Å²) in [5, 5.41) is 5.15. The van der Waals surface area contributed by atoms with Crippen LogP contribution in [0.3, 0.4) is 0 Å². The van der Waals surface area contributed by atoms with Crippen LogP contribution in [0, 0.1) is 27.1 Å². The van der Waals surface area contributed by atoms with Crippen LogP contribution in [0.25, 0.3) is 0 Å². The topological polar surface area (TPSA) is 9.23 Å². The van der Waals surface area contributed by atoms with E-state index in [4.69, 9.17) is 4.12 Å². The molecule has 202 valence electrons. The van der Waals surface area contributed by atoms with Crippen molar-refractivity contribution in [3.63, 3.8) is 0 Å². The molecule has 0 aromatic carbocycles. The predicted octanol–water partition coefficient (Wildman–Crippen LogP) is 10.7. The molecular formula is C32H60OSi2. The average molecular weight is 517 g/mol. The van der Waals surface area contributed by atoms with Crippen LogP contribution < -0.4 is 0 Å². The van der Waals surface area contributed by atoms with Crippen LogP contribution in [-0.2, 0) is 4.12 Å². The molecule has 2 aliphatic rings. The molecule has 1 nitrogen and oxygen atoms in total. The van der Waals surface area contributed by atoms with Crippen molar-refractivity contribution in [3.05, 3.63) is 32.3 Å². The monoisotopic (exact) mass is 516 g/mol. The van der Waals surface area contributed by atoms with Crippen molar-refractivity contribution in [1.29, 1.82) is 0 Å². The van der Waals surface area contributed by atoms with Crippen LogP contribution >= 0.6 is 0 Å². The second-order valence-electron chi connectivity index (χ2n) is 18.0. The molecule has 0 amide bonds. The highest BCUT2D eigenvalue weighted by molar-refractivity contribution is 7.04. The Labute approximate surface area is 222 Å². The quantitative estimate of drug-likeness (QED) is 0.331. The molecule has 2 aliphatic heterocycles. The van der Waals surface area contributed by atoms with Crippen molar-refractivity contribution in [1.82, 2.24) is 0 Å². The minimum absolute atomic E-state index is 0.0371. The molecule has 0 aromatic rings. The summed E-state index contributed by atoms with van der Waals surface area (Å²) in [6.07, 6.45) is 0. The van der Waals surface area contributed by atoms with Gasteiger partial charge in [-0.05, 0) is 77.5 Å². The summed E-state index contributed by atoms with van der Waals surface area (Å²) >= 11 is 0. The molecule has 2 rings (SSSR count). The Morgan fingerprint density at radius 3 is 1.03 bits per heavy atom. The molecule has 0 aromatic heterocycles. The third-order valence-corrected chi connectivity index (χ3v) is 19.8. The van der Waals surface area contributed by atoms with Gasteiger partial charge in [-0.15, -0.1) is 0 Å². The number of allylic oxidation sites excluding steroid dienone is 6. The minimum Gasteiger partial charge on any atom is -0.446 e. The molecule has 0 spiro atoms. The second-order valence-corrected chi connectivity index (χ2v) is 26.2. The summed E-state index contributed by atoms with van der Waals surface area (Å²) in [5.41, 5.74) is 5.12. The summed E-state index contributed by atoms with van der Waals surface area (Å²) in [5.74, 6) is 0. The predicted molar refractivity (Wildman–Crippen MR) is 162 cm³/mol. The van der Waals surface area contributed by atoms with Gasteiger partial charge in [0, 0.05) is 0 Å². The molecule has 1 unspecified atom stereocenters. The Morgan fingerprint density at radius 2 is 0.771 bits per heavy atom. The Hall–Kier alpha value is -0.386. The highest BCUT2D eigenvalue weighted by atomic mass is 28.4. The van der Waals surface area contributed by atoms with E-state index in [-0.39, 0.29) is 32.1 Å². The lowest BCUT2D eigenvalue weighted by atomic mass is 9.68. The van der Waals surface area contributed by atoms with Gasteiger partial charge < -0.3 is 4.12 Å². The molecule has 1 atom stereocenters. The standard InChI is InChI=1S/C32H60OSi2/c1-27(2,3)21-22(28(4,5)6)25(30(10,11)12)35(33-34(19,20)32(16,17)18)24(21)23(29(7,8)9)26(35)31(13,14)15/h1-20H3. The number of hydrogen-bond acceptors (Lipinski definition) is 1. The molecule has 0 N–H and O–H groups in total. The van der Waals surface area contributed by atoms with Crippen molar-refractivity contribution in [2.24, 2.45) is 27.1 Å². The van der Waals surface area contributed by atoms with Gasteiger partial charge in [-0.1, -0.05) is 125 Å². The van der Waals surface area contributed by atoms with Crippen molar-refractivity contribution in [2.75, 3.05) is 0 Å². The minimum atomic E-state index is -2.60. The van der Waals surface area contributed by atoms with Gasteiger partial charge in [0.1, 0.15) is 0 Å². The van der Waals surface area contributed by atoms with E-state index in [9.17, 15) is 0 Å². The Bertz CT molecular complexity index is 975. The van der Waals surface area contributed by atoms with Crippen molar-refractivity contribution in [3.8, 4) is 0 Å². The molecule has 0 saturated heterocycles. The van der Waals surface area contributed by atoms with E-state index in [1.165, 1.54) is 0 Å². The van der Waals surface area contributed by atoms with E-state index in [0.29, 0.717) is 0 Å². The molecule has 0 bridgehead atoms. The van der Waals surface area contributed by atoms with Crippen LogP contribution in [0.4, 0.5) is 0 Å². The normalized spacial score (nSPS) is 23.3. The van der Waals surface area contributed by atoms with Crippen molar-refractivity contribution >= 4 is 16.6 Å². The molecule has 35 heavy (non-hydrogen) atoms. The smallest absolute Gasteiger partial charge is 0.272 e. The van der Waals surface area contributed by atoms with Gasteiger partial charge in [-0.25, -0.2) is 0 Å². The maximum atomic E-state index is 8.01. The van der Waals surface area contributed by atoms with Crippen LogP contribution in [0.5, 0.6) is 0 Å². The lowest BCUT2D eigenvalue weighted by molar-refractivity contribution is 0.403. The average Bonchev–Trinajstić information content (AvgIpc) is 2.70. The SMILES string of the molecule is CC(C)(C)C1=C2C(C(C)(C)C)=C(C(C)(C)C)[Si]2(O[Si](C)(C)C(C)(C)C)C(C(C)(C)C)=C1C(C)(C)C. The summed E-state index contributed by atoms with van der Waals surface area (Å²) in [6, 6.07) is 0. The Balaban J connectivity index is 3.34. The van der Waals surface area contributed by atoms with E-state index in [1.807, 2.05) is 0 Å². The number of hydrogen-bond donors (Lipinski definition) is 0.